The monoisotopic (exact) mass is 276 g/mol. The first-order chi connectivity index (χ1) is 9.65. The Morgan fingerprint density at radius 2 is 1.95 bits per heavy atom. The van der Waals surface area contributed by atoms with Crippen molar-refractivity contribution in [1.29, 1.82) is 0 Å². The maximum Gasteiger partial charge on any atom is 0.269 e. The summed E-state index contributed by atoms with van der Waals surface area (Å²) in [4.78, 5) is 14.2. The average molecular weight is 276 g/mol. The molecule has 0 amide bonds. The second-order valence-corrected chi connectivity index (χ2v) is 4.41. The van der Waals surface area contributed by atoms with Crippen molar-refractivity contribution in [2.75, 3.05) is 13.1 Å². The van der Waals surface area contributed by atoms with Gasteiger partial charge in [0.2, 0.25) is 5.89 Å². The lowest BCUT2D eigenvalue weighted by Crippen LogP contribution is -2.20. The molecule has 1 heterocycles. The third-order valence-electron chi connectivity index (χ3n) is 2.82. The number of benzene rings is 1. The van der Waals surface area contributed by atoms with Crippen LogP contribution >= 0.6 is 0 Å². The molecule has 0 fully saturated rings. The number of aromatic nitrogens is 2. The van der Waals surface area contributed by atoms with Crippen molar-refractivity contribution >= 4 is 5.69 Å². The number of hydrogen-bond acceptors (Lipinski definition) is 6. The lowest BCUT2D eigenvalue weighted by atomic mass is 10.1. The van der Waals surface area contributed by atoms with E-state index < -0.39 is 4.92 Å². The Bertz CT molecular complexity index is 565. The van der Waals surface area contributed by atoms with Gasteiger partial charge >= 0.3 is 0 Å². The standard InChI is InChI=1S/C13H16N4O3/c1-10-15-13(20-16-10)7-9-14-8-6-11-2-4-12(5-3-11)17(18)19/h2-5,14H,6-9H2,1H3. The Labute approximate surface area is 116 Å². The number of hydrogen-bond donors (Lipinski definition) is 1. The number of nitro groups is 1. The average Bonchev–Trinajstić information content (AvgIpc) is 2.84. The zero-order valence-corrected chi connectivity index (χ0v) is 11.2. The van der Waals surface area contributed by atoms with Crippen molar-refractivity contribution in [2.45, 2.75) is 19.8 Å². The zero-order valence-electron chi connectivity index (χ0n) is 11.2. The van der Waals surface area contributed by atoms with Crippen LogP contribution < -0.4 is 5.32 Å². The second-order valence-electron chi connectivity index (χ2n) is 4.41. The van der Waals surface area contributed by atoms with Gasteiger partial charge in [-0.2, -0.15) is 4.98 Å². The summed E-state index contributed by atoms with van der Waals surface area (Å²) < 4.78 is 5.00. The van der Waals surface area contributed by atoms with Crippen LogP contribution in [0.3, 0.4) is 0 Å². The van der Waals surface area contributed by atoms with Crippen LogP contribution in [0.5, 0.6) is 0 Å². The molecule has 0 saturated heterocycles. The van der Waals surface area contributed by atoms with Crippen molar-refractivity contribution in [3.05, 3.63) is 51.7 Å². The maximum atomic E-state index is 10.5. The van der Waals surface area contributed by atoms with E-state index in [0.29, 0.717) is 18.1 Å². The normalized spacial score (nSPS) is 10.7. The molecule has 1 N–H and O–H groups in total. The van der Waals surface area contributed by atoms with E-state index in [1.165, 1.54) is 12.1 Å². The molecule has 0 radical (unpaired) electrons. The van der Waals surface area contributed by atoms with Gasteiger partial charge in [-0.15, -0.1) is 0 Å². The molecule has 1 aromatic heterocycles. The van der Waals surface area contributed by atoms with Crippen molar-refractivity contribution in [3.8, 4) is 0 Å². The van der Waals surface area contributed by atoms with E-state index in [4.69, 9.17) is 4.52 Å². The first-order valence-electron chi connectivity index (χ1n) is 6.38. The van der Waals surface area contributed by atoms with E-state index in [-0.39, 0.29) is 5.69 Å². The molecule has 0 atom stereocenters. The summed E-state index contributed by atoms with van der Waals surface area (Å²) in [5.41, 5.74) is 1.19. The number of rotatable bonds is 7. The van der Waals surface area contributed by atoms with Crippen LogP contribution in [0.25, 0.3) is 0 Å². The Kier molecular flexibility index (Phi) is 4.78. The van der Waals surface area contributed by atoms with Gasteiger partial charge in [-0.05, 0) is 25.5 Å². The summed E-state index contributed by atoms with van der Waals surface area (Å²) in [5, 5.41) is 17.5. The molecule has 7 nitrogen and oxygen atoms in total. The van der Waals surface area contributed by atoms with Gasteiger partial charge in [-0.3, -0.25) is 10.1 Å². The molecule has 0 aliphatic heterocycles. The molecule has 2 aromatic rings. The largest absolute Gasteiger partial charge is 0.339 e. The highest BCUT2D eigenvalue weighted by molar-refractivity contribution is 5.32. The molecule has 0 spiro atoms. The molecule has 0 aliphatic rings. The Balaban J connectivity index is 1.66. The number of non-ortho nitro benzene ring substituents is 1. The molecule has 1 aromatic carbocycles. The summed E-state index contributed by atoms with van der Waals surface area (Å²) in [6.07, 6.45) is 1.52. The first kappa shape index (κ1) is 14.1. The fourth-order valence-electron chi connectivity index (χ4n) is 1.78. The van der Waals surface area contributed by atoms with Crippen LogP contribution in [0.4, 0.5) is 5.69 Å². The van der Waals surface area contributed by atoms with Crippen LogP contribution in [0, 0.1) is 17.0 Å². The molecular formula is C13H16N4O3. The van der Waals surface area contributed by atoms with Gasteiger partial charge in [0, 0.05) is 25.1 Å². The zero-order chi connectivity index (χ0) is 14.4. The van der Waals surface area contributed by atoms with Gasteiger partial charge in [0.15, 0.2) is 5.82 Å². The fourth-order valence-corrected chi connectivity index (χ4v) is 1.78. The van der Waals surface area contributed by atoms with E-state index in [9.17, 15) is 10.1 Å². The molecule has 106 valence electrons. The number of nitrogens with one attached hydrogen (secondary N) is 1. The Morgan fingerprint density at radius 1 is 1.25 bits per heavy atom. The number of nitrogens with zero attached hydrogens (tertiary/aromatic N) is 3. The predicted molar refractivity (Wildman–Crippen MR) is 72.4 cm³/mol. The highest BCUT2D eigenvalue weighted by Crippen LogP contribution is 2.11. The summed E-state index contributed by atoms with van der Waals surface area (Å²) in [6, 6.07) is 6.61. The SMILES string of the molecule is Cc1noc(CCNCCc2ccc([N+](=O)[O-])cc2)n1. The van der Waals surface area contributed by atoms with Gasteiger partial charge in [0.25, 0.3) is 5.69 Å². The lowest BCUT2D eigenvalue weighted by Gasteiger charge is -2.03. The quantitative estimate of drug-likeness (QED) is 0.469. The summed E-state index contributed by atoms with van der Waals surface area (Å²) in [5.74, 6) is 1.27. The van der Waals surface area contributed by atoms with Crippen LogP contribution in [-0.2, 0) is 12.8 Å². The molecule has 0 unspecified atom stereocenters. The Hall–Kier alpha value is -2.28. The summed E-state index contributed by atoms with van der Waals surface area (Å²) in [7, 11) is 0. The Morgan fingerprint density at radius 3 is 2.55 bits per heavy atom. The van der Waals surface area contributed by atoms with E-state index >= 15 is 0 Å². The summed E-state index contributed by atoms with van der Waals surface area (Å²) in [6.45, 7) is 3.34. The molecule has 2 rings (SSSR count). The molecule has 7 heteroatoms. The minimum absolute atomic E-state index is 0.119. The van der Waals surface area contributed by atoms with E-state index in [1.807, 2.05) is 0 Å². The maximum absolute atomic E-state index is 10.5. The third-order valence-corrected chi connectivity index (χ3v) is 2.82. The first-order valence-corrected chi connectivity index (χ1v) is 6.38. The van der Waals surface area contributed by atoms with E-state index in [1.54, 1.807) is 19.1 Å². The van der Waals surface area contributed by atoms with E-state index in [2.05, 4.69) is 15.5 Å². The van der Waals surface area contributed by atoms with Gasteiger partial charge < -0.3 is 9.84 Å². The van der Waals surface area contributed by atoms with Gasteiger partial charge in [0.05, 0.1) is 4.92 Å². The summed E-state index contributed by atoms with van der Waals surface area (Å²) >= 11 is 0. The minimum Gasteiger partial charge on any atom is -0.339 e. The van der Waals surface area contributed by atoms with Crippen molar-refractivity contribution in [2.24, 2.45) is 0 Å². The van der Waals surface area contributed by atoms with Crippen LogP contribution in [-0.4, -0.2) is 28.2 Å². The minimum atomic E-state index is -0.394. The second kappa shape index (κ2) is 6.76. The molecule has 0 aliphatic carbocycles. The molecule has 20 heavy (non-hydrogen) atoms. The lowest BCUT2D eigenvalue weighted by molar-refractivity contribution is -0.384. The van der Waals surface area contributed by atoms with Crippen LogP contribution in [0.15, 0.2) is 28.8 Å². The third kappa shape index (κ3) is 4.13. The van der Waals surface area contributed by atoms with Crippen LogP contribution in [0.2, 0.25) is 0 Å². The number of nitro benzene ring substituents is 1. The van der Waals surface area contributed by atoms with Gasteiger partial charge in [-0.25, -0.2) is 0 Å². The van der Waals surface area contributed by atoms with Gasteiger partial charge in [0.1, 0.15) is 0 Å². The molecule has 0 saturated carbocycles. The van der Waals surface area contributed by atoms with E-state index in [0.717, 1.165) is 25.1 Å². The van der Waals surface area contributed by atoms with Crippen molar-refractivity contribution < 1.29 is 9.45 Å². The van der Waals surface area contributed by atoms with Gasteiger partial charge in [-0.1, -0.05) is 17.3 Å². The predicted octanol–water partition coefficient (Wildman–Crippen LogP) is 1.66. The molecule has 0 bridgehead atoms. The topological polar surface area (TPSA) is 94.1 Å². The highest BCUT2D eigenvalue weighted by Gasteiger charge is 2.04. The van der Waals surface area contributed by atoms with Crippen molar-refractivity contribution in [1.82, 2.24) is 15.5 Å². The smallest absolute Gasteiger partial charge is 0.269 e. The highest BCUT2D eigenvalue weighted by atomic mass is 16.6. The number of aryl methyl sites for hydroxylation is 1. The fraction of sp³-hybridized carbons (Fsp3) is 0.385. The molecular weight excluding hydrogens is 260 g/mol. The van der Waals surface area contributed by atoms with Crippen molar-refractivity contribution in [3.63, 3.8) is 0 Å². The van der Waals surface area contributed by atoms with Crippen LogP contribution in [0.1, 0.15) is 17.3 Å².